The minimum atomic E-state index is -2.84. The predicted octanol–water partition coefficient (Wildman–Crippen LogP) is 2.31. The van der Waals surface area contributed by atoms with Crippen LogP contribution in [0.5, 0.6) is 0 Å². The number of pyridine rings is 1. The summed E-state index contributed by atoms with van der Waals surface area (Å²) < 4.78 is 43.9. The number of ketones is 1. The second kappa shape index (κ2) is 6.24. The number of carbonyl (C=O) groups is 2. The predicted molar refractivity (Wildman–Crippen MR) is 66.2 cm³/mol. The smallest absolute Gasteiger partial charge is 0.309 e. The van der Waals surface area contributed by atoms with E-state index >= 15 is 0 Å². The van der Waals surface area contributed by atoms with Gasteiger partial charge in [0.1, 0.15) is 12.4 Å². The Morgan fingerprint density at radius 2 is 2.19 bits per heavy atom. The van der Waals surface area contributed by atoms with E-state index in [-0.39, 0.29) is 24.8 Å². The molecule has 1 aliphatic rings. The number of alkyl halides is 2. The normalized spacial score (nSPS) is 20.2. The van der Waals surface area contributed by atoms with Gasteiger partial charge in [-0.2, -0.15) is 0 Å². The summed E-state index contributed by atoms with van der Waals surface area (Å²) in [5.41, 5.74) is 0.151. The van der Waals surface area contributed by atoms with E-state index < -0.39 is 42.4 Å². The van der Waals surface area contributed by atoms with E-state index in [1.165, 1.54) is 12.3 Å². The molecule has 114 valence electrons. The third-order valence-electron chi connectivity index (χ3n) is 3.36. The molecular weight excluding hydrogens is 287 g/mol. The molecule has 1 saturated carbocycles. The lowest BCUT2D eigenvalue weighted by atomic mass is 10.1. The fourth-order valence-corrected chi connectivity index (χ4v) is 2.23. The average molecular weight is 301 g/mol. The summed E-state index contributed by atoms with van der Waals surface area (Å²) in [5, 5.41) is 0. The third kappa shape index (κ3) is 4.27. The second-order valence-electron chi connectivity index (χ2n) is 5.09. The Kier molecular flexibility index (Phi) is 4.59. The molecule has 4 nitrogen and oxygen atoms in total. The number of rotatable bonds is 5. The van der Waals surface area contributed by atoms with E-state index in [9.17, 15) is 22.8 Å². The zero-order chi connectivity index (χ0) is 15.5. The van der Waals surface area contributed by atoms with E-state index in [0.717, 1.165) is 6.20 Å². The molecule has 0 aromatic carbocycles. The van der Waals surface area contributed by atoms with Gasteiger partial charge in [-0.1, -0.05) is 0 Å². The maximum absolute atomic E-state index is 13.3. The maximum atomic E-state index is 13.3. The first-order valence-corrected chi connectivity index (χ1v) is 6.52. The maximum Gasteiger partial charge on any atom is 0.309 e. The number of esters is 1. The van der Waals surface area contributed by atoms with Crippen molar-refractivity contribution in [1.29, 1.82) is 0 Å². The van der Waals surface area contributed by atoms with Crippen LogP contribution in [0.3, 0.4) is 0 Å². The number of ether oxygens (including phenoxy) is 1. The highest BCUT2D eigenvalue weighted by molar-refractivity contribution is 5.84. The van der Waals surface area contributed by atoms with Crippen LogP contribution in [-0.2, 0) is 20.7 Å². The van der Waals surface area contributed by atoms with Gasteiger partial charge < -0.3 is 4.74 Å². The zero-order valence-corrected chi connectivity index (χ0v) is 11.2. The Bertz CT molecular complexity index is 548. The first-order chi connectivity index (χ1) is 9.87. The van der Waals surface area contributed by atoms with Gasteiger partial charge in [-0.3, -0.25) is 14.6 Å². The largest absolute Gasteiger partial charge is 0.457 e. The molecule has 0 spiro atoms. The van der Waals surface area contributed by atoms with Gasteiger partial charge in [0.25, 0.3) is 0 Å². The monoisotopic (exact) mass is 301 g/mol. The van der Waals surface area contributed by atoms with Crippen LogP contribution in [0, 0.1) is 11.7 Å². The molecule has 21 heavy (non-hydrogen) atoms. The molecule has 1 heterocycles. The van der Waals surface area contributed by atoms with Crippen molar-refractivity contribution in [1.82, 2.24) is 4.98 Å². The Morgan fingerprint density at radius 3 is 2.81 bits per heavy atom. The molecule has 2 rings (SSSR count). The van der Waals surface area contributed by atoms with Crippen molar-refractivity contribution in [2.45, 2.75) is 31.6 Å². The number of aromatic nitrogens is 1. The number of hydrogen-bond acceptors (Lipinski definition) is 4. The van der Waals surface area contributed by atoms with Crippen molar-refractivity contribution < 1.29 is 27.5 Å². The van der Waals surface area contributed by atoms with Crippen LogP contribution in [0.2, 0.25) is 0 Å². The molecular formula is C14H14F3NO3. The van der Waals surface area contributed by atoms with Crippen LogP contribution in [0.25, 0.3) is 0 Å². The fourth-order valence-electron chi connectivity index (χ4n) is 2.23. The number of carbonyl (C=O) groups excluding carboxylic acids is 2. The van der Waals surface area contributed by atoms with E-state index in [1.807, 2.05) is 0 Å². The van der Waals surface area contributed by atoms with E-state index in [1.54, 1.807) is 0 Å². The summed E-state index contributed by atoms with van der Waals surface area (Å²) >= 11 is 0. The summed E-state index contributed by atoms with van der Waals surface area (Å²) in [5.74, 6) is -5.62. The highest BCUT2D eigenvalue weighted by Crippen LogP contribution is 2.39. The van der Waals surface area contributed by atoms with Gasteiger partial charge in [0.2, 0.25) is 5.92 Å². The Hall–Kier alpha value is -1.92. The van der Waals surface area contributed by atoms with Crippen molar-refractivity contribution in [3.05, 3.63) is 29.8 Å². The van der Waals surface area contributed by atoms with Crippen molar-refractivity contribution >= 4 is 11.8 Å². The van der Waals surface area contributed by atoms with Gasteiger partial charge in [-0.05, 0) is 18.1 Å². The molecule has 0 amide bonds. The van der Waals surface area contributed by atoms with Gasteiger partial charge >= 0.3 is 5.97 Å². The quantitative estimate of drug-likeness (QED) is 0.783. The van der Waals surface area contributed by atoms with Crippen LogP contribution < -0.4 is 0 Å². The van der Waals surface area contributed by atoms with E-state index in [4.69, 9.17) is 4.74 Å². The lowest BCUT2D eigenvalue weighted by Crippen LogP contribution is -2.22. The lowest BCUT2D eigenvalue weighted by Gasteiger charge is -2.10. The van der Waals surface area contributed by atoms with Gasteiger partial charge in [0.05, 0.1) is 12.1 Å². The summed E-state index contributed by atoms with van der Waals surface area (Å²) in [6.45, 7) is -0.539. The van der Waals surface area contributed by atoms with Crippen molar-refractivity contribution in [2.24, 2.45) is 5.92 Å². The Morgan fingerprint density at radius 1 is 1.43 bits per heavy atom. The molecule has 1 aromatic rings. The highest BCUT2D eigenvalue weighted by Gasteiger charge is 2.43. The molecule has 1 fully saturated rings. The van der Waals surface area contributed by atoms with Gasteiger partial charge in [0, 0.05) is 25.5 Å². The molecule has 1 aliphatic carbocycles. The summed E-state index contributed by atoms with van der Waals surface area (Å²) in [4.78, 5) is 26.7. The topological polar surface area (TPSA) is 56.3 Å². The summed E-state index contributed by atoms with van der Waals surface area (Å²) in [7, 11) is 0. The molecule has 7 heteroatoms. The number of nitrogens with zero attached hydrogens (tertiary/aromatic N) is 1. The molecule has 1 aromatic heterocycles. The Balaban J connectivity index is 1.79. The summed E-state index contributed by atoms with van der Waals surface area (Å²) in [6.07, 6.45) is 1.26. The minimum Gasteiger partial charge on any atom is -0.457 e. The summed E-state index contributed by atoms with van der Waals surface area (Å²) in [6, 6.07) is 1.35. The van der Waals surface area contributed by atoms with Crippen LogP contribution in [-0.4, -0.2) is 29.3 Å². The zero-order valence-electron chi connectivity index (χ0n) is 11.2. The highest BCUT2D eigenvalue weighted by atomic mass is 19.3. The van der Waals surface area contributed by atoms with Gasteiger partial charge in [-0.15, -0.1) is 0 Å². The first-order valence-electron chi connectivity index (χ1n) is 6.52. The molecule has 0 bridgehead atoms. The molecule has 0 radical (unpaired) electrons. The number of halogens is 3. The molecule has 0 N–H and O–H groups in total. The Labute approximate surface area is 119 Å². The molecule has 0 aliphatic heterocycles. The van der Waals surface area contributed by atoms with Crippen LogP contribution in [0.15, 0.2) is 18.5 Å². The van der Waals surface area contributed by atoms with Crippen LogP contribution in [0.4, 0.5) is 13.2 Å². The number of hydrogen-bond donors (Lipinski definition) is 0. The minimum absolute atomic E-state index is 0.0546. The SMILES string of the molecule is O=C(COC(=O)C1CCC(F)(F)C1)Cc1ccncc1F. The number of Topliss-reactive ketones (excluding diaryl/α,β-unsaturated/α-hetero) is 1. The third-order valence-corrected chi connectivity index (χ3v) is 3.36. The van der Waals surface area contributed by atoms with Gasteiger partial charge in [0.15, 0.2) is 5.78 Å². The van der Waals surface area contributed by atoms with Crippen LogP contribution in [0.1, 0.15) is 24.8 Å². The molecule has 0 saturated heterocycles. The van der Waals surface area contributed by atoms with Crippen molar-refractivity contribution in [3.63, 3.8) is 0 Å². The fraction of sp³-hybridized carbons (Fsp3) is 0.500. The lowest BCUT2D eigenvalue weighted by molar-refractivity contribution is -0.152. The molecule has 1 atom stereocenters. The van der Waals surface area contributed by atoms with E-state index in [0.29, 0.717) is 0 Å². The van der Waals surface area contributed by atoms with E-state index in [2.05, 4.69) is 4.98 Å². The van der Waals surface area contributed by atoms with Gasteiger partial charge in [-0.25, -0.2) is 13.2 Å². The van der Waals surface area contributed by atoms with Crippen LogP contribution >= 0.6 is 0 Å². The second-order valence-corrected chi connectivity index (χ2v) is 5.09. The average Bonchev–Trinajstić information content (AvgIpc) is 2.79. The first kappa shape index (κ1) is 15.5. The standard InChI is InChI=1S/C14H14F3NO3/c15-12-7-18-4-2-9(12)5-11(19)8-21-13(20)10-1-3-14(16,17)6-10/h2,4,7,10H,1,3,5-6,8H2. The molecule has 1 unspecified atom stereocenters. The van der Waals surface area contributed by atoms with Crippen molar-refractivity contribution in [2.75, 3.05) is 6.61 Å². The van der Waals surface area contributed by atoms with Crippen molar-refractivity contribution in [3.8, 4) is 0 Å².